The summed E-state index contributed by atoms with van der Waals surface area (Å²) in [6, 6.07) is 0.957. The van der Waals surface area contributed by atoms with Crippen molar-refractivity contribution >= 4 is 15.9 Å². The molecule has 0 aliphatic heterocycles. The topological polar surface area (TPSA) is 38.9 Å². The summed E-state index contributed by atoms with van der Waals surface area (Å²) in [5, 5.41) is 0. The first-order chi connectivity index (χ1) is 6.06. The minimum atomic E-state index is -2.91. The average molecular weight is 255 g/mol. The van der Waals surface area contributed by atoms with Crippen LogP contribution >= 0.6 is 15.9 Å². The van der Waals surface area contributed by atoms with Crippen LogP contribution in [0.25, 0.3) is 0 Å². The molecule has 2 nitrogen and oxygen atoms in total. The van der Waals surface area contributed by atoms with Gasteiger partial charge < -0.3 is 5.73 Å². The maximum Gasteiger partial charge on any atom is 0.283 e. The maximum atomic E-state index is 12.8. The molecule has 72 valence electrons. The van der Waals surface area contributed by atoms with Gasteiger partial charge in [-0.05, 0) is 22.0 Å². The van der Waals surface area contributed by atoms with Crippen molar-refractivity contribution in [1.29, 1.82) is 0 Å². The van der Waals surface area contributed by atoms with Gasteiger partial charge in [-0.1, -0.05) is 0 Å². The number of halogens is 4. The number of nitrogens with zero attached hydrogens (tertiary/aromatic N) is 1. The standard InChI is InChI=1S/C7H6BrF3N2/c8-6-3(2-12)1-4(9)5(13-6)7(10)11/h1,7H,2,12H2. The van der Waals surface area contributed by atoms with Crippen LogP contribution in [0.15, 0.2) is 10.7 Å². The molecule has 0 bridgehead atoms. The van der Waals surface area contributed by atoms with Crippen molar-refractivity contribution in [3.63, 3.8) is 0 Å². The summed E-state index contributed by atoms with van der Waals surface area (Å²) in [7, 11) is 0. The highest BCUT2D eigenvalue weighted by molar-refractivity contribution is 9.10. The number of pyridine rings is 1. The van der Waals surface area contributed by atoms with Crippen LogP contribution in [0.2, 0.25) is 0 Å². The Labute approximate surface area is 81.1 Å². The first-order valence-corrected chi connectivity index (χ1v) is 4.18. The van der Waals surface area contributed by atoms with E-state index in [0.29, 0.717) is 5.56 Å². The van der Waals surface area contributed by atoms with Gasteiger partial charge in [0.25, 0.3) is 6.43 Å². The van der Waals surface area contributed by atoms with Crippen LogP contribution in [0.1, 0.15) is 17.7 Å². The highest BCUT2D eigenvalue weighted by Gasteiger charge is 2.17. The monoisotopic (exact) mass is 254 g/mol. The fourth-order valence-electron chi connectivity index (χ4n) is 0.814. The van der Waals surface area contributed by atoms with Gasteiger partial charge in [0, 0.05) is 12.1 Å². The first kappa shape index (κ1) is 10.5. The predicted molar refractivity (Wildman–Crippen MR) is 44.7 cm³/mol. The summed E-state index contributed by atoms with van der Waals surface area (Å²) >= 11 is 2.92. The number of hydrogen-bond acceptors (Lipinski definition) is 2. The van der Waals surface area contributed by atoms with Gasteiger partial charge >= 0.3 is 0 Å². The second-order valence-electron chi connectivity index (χ2n) is 2.31. The fraction of sp³-hybridized carbons (Fsp3) is 0.286. The normalized spacial score (nSPS) is 10.9. The number of alkyl halides is 2. The lowest BCUT2D eigenvalue weighted by atomic mass is 10.2. The maximum absolute atomic E-state index is 12.8. The lowest BCUT2D eigenvalue weighted by molar-refractivity contribution is 0.140. The van der Waals surface area contributed by atoms with E-state index in [1.165, 1.54) is 0 Å². The third-order valence-electron chi connectivity index (χ3n) is 1.46. The molecule has 0 saturated heterocycles. The van der Waals surface area contributed by atoms with Gasteiger partial charge in [-0.3, -0.25) is 0 Å². The third-order valence-corrected chi connectivity index (χ3v) is 2.14. The summed E-state index contributed by atoms with van der Waals surface area (Å²) in [5.74, 6) is -1.03. The van der Waals surface area contributed by atoms with Crippen molar-refractivity contribution in [3.8, 4) is 0 Å². The Bertz CT molecular complexity index is 317. The highest BCUT2D eigenvalue weighted by atomic mass is 79.9. The summed E-state index contributed by atoms with van der Waals surface area (Å²) in [5.41, 5.74) is 4.73. The Morgan fingerprint density at radius 3 is 2.62 bits per heavy atom. The molecule has 1 rings (SSSR count). The zero-order valence-electron chi connectivity index (χ0n) is 6.40. The molecule has 1 aromatic heterocycles. The van der Waals surface area contributed by atoms with Crippen molar-refractivity contribution in [2.75, 3.05) is 0 Å². The van der Waals surface area contributed by atoms with Gasteiger partial charge in [0.05, 0.1) is 0 Å². The van der Waals surface area contributed by atoms with Crippen molar-refractivity contribution in [3.05, 3.63) is 27.7 Å². The molecule has 0 fully saturated rings. The summed E-state index contributed by atoms with van der Waals surface area (Å²) in [6.07, 6.45) is -2.91. The lowest BCUT2D eigenvalue weighted by Crippen LogP contribution is -2.04. The molecule has 1 heterocycles. The lowest BCUT2D eigenvalue weighted by Gasteiger charge is -2.05. The van der Waals surface area contributed by atoms with Crippen LogP contribution in [0.4, 0.5) is 13.2 Å². The quantitative estimate of drug-likeness (QED) is 0.824. The van der Waals surface area contributed by atoms with Gasteiger partial charge in [-0.25, -0.2) is 18.2 Å². The fourth-order valence-corrected chi connectivity index (χ4v) is 1.28. The van der Waals surface area contributed by atoms with E-state index in [1.807, 2.05) is 0 Å². The zero-order chi connectivity index (χ0) is 10.0. The van der Waals surface area contributed by atoms with Gasteiger partial charge in [0.2, 0.25) is 0 Å². The number of aromatic nitrogens is 1. The minimum absolute atomic E-state index is 0.0496. The van der Waals surface area contributed by atoms with Crippen LogP contribution in [-0.2, 0) is 6.54 Å². The zero-order valence-corrected chi connectivity index (χ0v) is 7.98. The van der Waals surface area contributed by atoms with Gasteiger partial charge in [-0.15, -0.1) is 0 Å². The smallest absolute Gasteiger partial charge is 0.283 e. The second-order valence-corrected chi connectivity index (χ2v) is 3.06. The van der Waals surface area contributed by atoms with E-state index in [-0.39, 0.29) is 11.1 Å². The third kappa shape index (κ3) is 2.19. The molecule has 13 heavy (non-hydrogen) atoms. The molecule has 0 saturated carbocycles. The molecule has 0 aliphatic rings. The molecule has 0 amide bonds. The van der Waals surface area contributed by atoms with Crippen molar-refractivity contribution in [1.82, 2.24) is 4.98 Å². The highest BCUT2D eigenvalue weighted by Crippen LogP contribution is 2.24. The van der Waals surface area contributed by atoms with Gasteiger partial charge in [-0.2, -0.15) is 0 Å². The average Bonchev–Trinajstić information content (AvgIpc) is 2.07. The Hall–Kier alpha value is -0.620. The van der Waals surface area contributed by atoms with Crippen LogP contribution in [0, 0.1) is 5.82 Å². The summed E-state index contributed by atoms with van der Waals surface area (Å²) in [4.78, 5) is 3.35. The van der Waals surface area contributed by atoms with E-state index in [2.05, 4.69) is 20.9 Å². The predicted octanol–water partition coefficient (Wildman–Crippen LogP) is 2.38. The molecule has 0 aromatic carbocycles. The molecule has 0 radical (unpaired) electrons. The Balaban J connectivity index is 3.20. The molecular formula is C7H6BrF3N2. The first-order valence-electron chi connectivity index (χ1n) is 3.39. The number of rotatable bonds is 2. The van der Waals surface area contributed by atoms with Gasteiger partial charge in [0.1, 0.15) is 10.3 Å². The van der Waals surface area contributed by atoms with E-state index < -0.39 is 17.9 Å². The summed E-state index contributed by atoms with van der Waals surface area (Å²) < 4.78 is 37.2. The van der Waals surface area contributed by atoms with Crippen molar-refractivity contribution in [2.24, 2.45) is 5.73 Å². The molecule has 0 atom stereocenters. The summed E-state index contributed by atoms with van der Waals surface area (Å²) in [6.45, 7) is 0.0496. The molecule has 6 heteroatoms. The van der Waals surface area contributed by atoms with Crippen molar-refractivity contribution in [2.45, 2.75) is 13.0 Å². The minimum Gasteiger partial charge on any atom is -0.326 e. The second kappa shape index (κ2) is 4.06. The number of hydrogen-bond donors (Lipinski definition) is 1. The van der Waals surface area contributed by atoms with E-state index in [4.69, 9.17) is 5.73 Å². The number of nitrogens with two attached hydrogens (primary N) is 1. The molecule has 0 aliphatic carbocycles. The molecule has 0 unspecified atom stereocenters. The van der Waals surface area contributed by atoms with Gasteiger partial charge in [0.15, 0.2) is 5.82 Å². The Kier molecular flexibility index (Phi) is 3.27. The molecule has 0 spiro atoms. The van der Waals surface area contributed by atoms with Crippen LogP contribution in [-0.4, -0.2) is 4.98 Å². The molecular weight excluding hydrogens is 249 g/mol. The van der Waals surface area contributed by atoms with Crippen LogP contribution in [0.3, 0.4) is 0 Å². The van der Waals surface area contributed by atoms with E-state index in [9.17, 15) is 13.2 Å². The SMILES string of the molecule is NCc1cc(F)c(C(F)F)nc1Br. The van der Waals surface area contributed by atoms with Crippen molar-refractivity contribution < 1.29 is 13.2 Å². The Morgan fingerprint density at radius 1 is 1.54 bits per heavy atom. The largest absolute Gasteiger partial charge is 0.326 e. The molecule has 2 N–H and O–H groups in total. The van der Waals surface area contributed by atoms with E-state index in [1.54, 1.807) is 0 Å². The Morgan fingerprint density at radius 2 is 2.15 bits per heavy atom. The van der Waals surface area contributed by atoms with Crippen LogP contribution in [0.5, 0.6) is 0 Å². The van der Waals surface area contributed by atoms with E-state index in [0.717, 1.165) is 6.07 Å². The van der Waals surface area contributed by atoms with Crippen LogP contribution < -0.4 is 5.73 Å². The van der Waals surface area contributed by atoms with E-state index >= 15 is 0 Å². The molecule has 1 aromatic rings.